The van der Waals surface area contributed by atoms with E-state index in [1.165, 1.54) is 11.3 Å². The van der Waals surface area contributed by atoms with Gasteiger partial charge in [-0.1, -0.05) is 11.6 Å². The van der Waals surface area contributed by atoms with Crippen LogP contribution in [0.1, 0.15) is 4.88 Å². The highest BCUT2D eigenvalue weighted by Crippen LogP contribution is 2.20. The van der Waals surface area contributed by atoms with Gasteiger partial charge in [0.05, 0.1) is 10.0 Å². The number of amides is 1. The Balaban J connectivity index is 1.75. The molecule has 0 aliphatic heterocycles. The Morgan fingerprint density at radius 3 is 2.75 bits per heavy atom. The van der Waals surface area contributed by atoms with Crippen molar-refractivity contribution in [1.82, 2.24) is 5.43 Å². The van der Waals surface area contributed by atoms with E-state index in [4.69, 9.17) is 16.3 Å². The summed E-state index contributed by atoms with van der Waals surface area (Å²) in [6.45, 7) is -0.104. The van der Waals surface area contributed by atoms with Crippen molar-refractivity contribution in [3.8, 4) is 5.75 Å². The molecule has 104 valence electrons. The summed E-state index contributed by atoms with van der Waals surface area (Å²) in [6.07, 6.45) is 1.58. The lowest BCUT2D eigenvalue weighted by Crippen LogP contribution is -2.24. The summed E-state index contributed by atoms with van der Waals surface area (Å²) in [4.78, 5) is 12.4. The van der Waals surface area contributed by atoms with E-state index in [-0.39, 0.29) is 12.5 Å². The second kappa shape index (κ2) is 7.42. The molecule has 2 rings (SSSR count). The minimum atomic E-state index is -0.327. The molecule has 0 spiro atoms. The number of nitrogens with zero attached hydrogens (tertiary/aromatic N) is 1. The minimum Gasteiger partial charge on any atom is -0.484 e. The summed E-state index contributed by atoms with van der Waals surface area (Å²) >= 11 is 10.6. The number of thiophene rings is 1. The lowest BCUT2D eigenvalue weighted by Gasteiger charge is -2.04. The Morgan fingerprint density at radius 1 is 1.35 bits per heavy atom. The average molecular weight is 374 g/mol. The number of carbonyl (C=O) groups is 1. The zero-order valence-electron chi connectivity index (χ0n) is 10.2. The molecule has 0 saturated heterocycles. The first-order valence-electron chi connectivity index (χ1n) is 5.59. The number of benzene rings is 1. The van der Waals surface area contributed by atoms with Crippen molar-refractivity contribution in [2.45, 2.75) is 0 Å². The second-order valence-corrected chi connectivity index (χ2v) is 6.61. The predicted octanol–water partition coefficient (Wildman–Crippen LogP) is 3.69. The molecule has 4 nitrogen and oxygen atoms in total. The normalized spacial score (nSPS) is 10.7. The van der Waals surface area contributed by atoms with Gasteiger partial charge in [0.2, 0.25) is 0 Å². The standard InChI is InChI=1S/C13H10BrClN2O2S/c14-12-6-5-11(20-12)7-16-17-13(18)8-19-10-3-1-9(15)2-4-10/h1-7H,8H2,(H,17,18)/b16-7+. The van der Waals surface area contributed by atoms with Gasteiger partial charge in [-0.15, -0.1) is 11.3 Å². The average Bonchev–Trinajstić information content (AvgIpc) is 2.84. The van der Waals surface area contributed by atoms with Crippen molar-refractivity contribution in [1.29, 1.82) is 0 Å². The fourth-order valence-electron chi connectivity index (χ4n) is 1.28. The molecule has 1 aromatic carbocycles. The van der Waals surface area contributed by atoms with Crippen molar-refractivity contribution >= 4 is 51.0 Å². The number of rotatable bonds is 5. The molecule has 1 aromatic heterocycles. The molecular weight excluding hydrogens is 364 g/mol. The molecule has 2 aromatic rings. The van der Waals surface area contributed by atoms with Crippen LogP contribution in [-0.2, 0) is 4.79 Å². The number of carbonyl (C=O) groups excluding carboxylic acids is 1. The lowest BCUT2D eigenvalue weighted by atomic mass is 10.3. The van der Waals surface area contributed by atoms with Crippen LogP contribution in [0.4, 0.5) is 0 Å². The highest BCUT2D eigenvalue weighted by Gasteiger charge is 2.01. The van der Waals surface area contributed by atoms with E-state index >= 15 is 0 Å². The van der Waals surface area contributed by atoms with E-state index in [0.29, 0.717) is 10.8 Å². The van der Waals surface area contributed by atoms with Crippen LogP contribution in [0, 0.1) is 0 Å². The van der Waals surface area contributed by atoms with Crippen LogP contribution in [-0.4, -0.2) is 18.7 Å². The van der Waals surface area contributed by atoms with E-state index in [1.54, 1.807) is 30.5 Å². The third-order valence-corrected chi connectivity index (χ3v) is 3.97. The molecule has 0 aliphatic carbocycles. The first kappa shape index (κ1) is 15.0. The molecule has 0 unspecified atom stereocenters. The van der Waals surface area contributed by atoms with Crippen LogP contribution < -0.4 is 10.2 Å². The minimum absolute atomic E-state index is 0.104. The number of halogens is 2. The summed E-state index contributed by atoms with van der Waals surface area (Å²) in [7, 11) is 0. The number of ether oxygens (including phenoxy) is 1. The van der Waals surface area contributed by atoms with Gasteiger partial charge in [-0.05, 0) is 52.3 Å². The van der Waals surface area contributed by atoms with Crippen LogP contribution in [0.25, 0.3) is 0 Å². The first-order chi connectivity index (χ1) is 9.63. The number of hydrazone groups is 1. The number of nitrogens with one attached hydrogen (secondary N) is 1. The molecule has 0 radical (unpaired) electrons. The lowest BCUT2D eigenvalue weighted by molar-refractivity contribution is -0.123. The van der Waals surface area contributed by atoms with Crippen LogP contribution in [0.5, 0.6) is 5.75 Å². The Kier molecular flexibility index (Phi) is 5.58. The largest absolute Gasteiger partial charge is 0.484 e. The van der Waals surface area contributed by atoms with Crippen LogP contribution in [0.3, 0.4) is 0 Å². The molecule has 0 fully saturated rings. The SMILES string of the molecule is O=C(COc1ccc(Cl)cc1)N/N=C/c1ccc(Br)s1. The highest BCUT2D eigenvalue weighted by molar-refractivity contribution is 9.11. The molecule has 1 heterocycles. The molecule has 0 bridgehead atoms. The summed E-state index contributed by atoms with van der Waals surface area (Å²) in [5.41, 5.74) is 2.39. The molecule has 20 heavy (non-hydrogen) atoms. The van der Waals surface area contributed by atoms with Crippen molar-refractivity contribution in [3.63, 3.8) is 0 Å². The van der Waals surface area contributed by atoms with Gasteiger partial charge >= 0.3 is 0 Å². The van der Waals surface area contributed by atoms with Gasteiger partial charge in [-0.25, -0.2) is 5.43 Å². The molecule has 1 amide bonds. The van der Waals surface area contributed by atoms with Gasteiger partial charge in [0.25, 0.3) is 5.91 Å². The maximum atomic E-state index is 11.5. The Hall–Kier alpha value is -1.37. The van der Waals surface area contributed by atoms with Gasteiger partial charge in [0.15, 0.2) is 6.61 Å². The van der Waals surface area contributed by atoms with Crippen molar-refractivity contribution in [2.75, 3.05) is 6.61 Å². The van der Waals surface area contributed by atoms with Crippen LogP contribution in [0.15, 0.2) is 45.3 Å². The van der Waals surface area contributed by atoms with Crippen molar-refractivity contribution in [2.24, 2.45) is 5.10 Å². The zero-order chi connectivity index (χ0) is 14.4. The van der Waals surface area contributed by atoms with Gasteiger partial charge in [0.1, 0.15) is 5.75 Å². The van der Waals surface area contributed by atoms with Crippen LogP contribution >= 0.6 is 38.9 Å². The Morgan fingerprint density at radius 2 is 2.10 bits per heavy atom. The van der Waals surface area contributed by atoms with E-state index in [2.05, 4.69) is 26.5 Å². The Labute approximate surface area is 133 Å². The van der Waals surface area contributed by atoms with Crippen molar-refractivity contribution < 1.29 is 9.53 Å². The highest BCUT2D eigenvalue weighted by atomic mass is 79.9. The third-order valence-electron chi connectivity index (χ3n) is 2.16. The fourth-order valence-corrected chi connectivity index (χ4v) is 2.70. The monoisotopic (exact) mass is 372 g/mol. The van der Waals surface area contributed by atoms with E-state index in [1.807, 2.05) is 12.1 Å². The summed E-state index contributed by atoms with van der Waals surface area (Å²) in [6, 6.07) is 10.6. The summed E-state index contributed by atoms with van der Waals surface area (Å²) in [5, 5.41) is 4.46. The fraction of sp³-hybridized carbons (Fsp3) is 0.0769. The Bertz CT molecular complexity index is 613. The summed E-state index contributed by atoms with van der Waals surface area (Å²) in [5.74, 6) is 0.252. The smallest absolute Gasteiger partial charge is 0.277 e. The van der Waals surface area contributed by atoms with E-state index in [0.717, 1.165) is 8.66 Å². The molecule has 7 heteroatoms. The van der Waals surface area contributed by atoms with Gasteiger partial charge in [-0.3, -0.25) is 4.79 Å². The quantitative estimate of drug-likeness (QED) is 0.642. The second-order valence-electron chi connectivity index (χ2n) is 3.68. The number of hydrogen-bond donors (Lipinski definition) is 1. The molecule has 0 aliphatic rings. The number of hydrogen-bond acceptors (Lipinski definition) is 4. The van der Waals surface area contributed by atoms with E-state index < -0.39 is 0 Å². The molecular formula is C13H10BrClN2O2S. The van der Waals surface area contributed by atoms with Crippen LogP contribution in [0.2, 0.25) is 5.02 Å². The molecule has 0 atom stereocenters. The maximum absolute atomic E-state index is 11.5. The topological polar surface area (TPSA) is 50.7 Å². The van der Waals surface area contributed by atoms with Gasteiger partial charge in [-0.2, -0.15) is 5.10 Å². The predicted molar refractivity (Wildman–Crippen MR) is 84.7 cm³/mol. The molecule has 0 saturated carbocycles. The zero-order valence-corrected chi connectivity index (χ0v) is 13.3. The maximum Gasteiger partial charge on any atom is 0.277 e. The van der Waals surface area contributed by atoms with Gasteiger partial charge < -0.3 is 4.74 Å². The third kappa shape index (κ3) is 4.96. The molecule has 1 N–H and O–H groups in total. The van der Waals surface area contributed by atoms with Crippen molar-refractivity contribution in [3.05, 3.63) is 50.1 Å². The first-order valence-corrected chi connectivity index (χ1v) is 7.58. The van der Waals surface area contributed by atoms with E-state index in [9.17, 15) is 4.79 Å². The summed E-state index contributed by atoms with van der Waals surface area (Å²) < 4.78 is 6.29. The van der Waals surface area contributed by atoms with Gasteiger partial charge in [0, 0.05) is 9.90 Å².